The molecule has 20 heavy (non-hydrogen) atoms. The molecule has 2 amide bonds. The summed E-state index contributed by atoms with van der Waals surface area (Å²) in [7, 11) is 0. The summed E-state index contributed by atoms with van der Waals surface area (Å²) < 4.78 is 0. The summed E-state index contributed by atoms with van der Waals surface area (Å²) >= 11 is 0. The van der Waals surface area contributed by atoms with Gasteiger partial charge in [0.15, 0.2) is 0 Å². The van der Waals surface area contributed by atoms with Gasteiger partial charge in [0.2, 0.25) is 0 Å². The van der Waals surface area contributed by atoms with E-state index in [-0.39, 0.29) is 11.3 Å². The maximum atomic E-state index is 11.8. The van der Waals surface area contributed by atoms with E-state index in [1.54, 1.807) is 42.7 Å². The van der Waals surface area contributed by atoms with E-state index in [0.717, 1.165) is 5.56 Å². The Morgan fingerprint density at radius 1 is 1.10 bits per heavy atom. The van der Waals surface area contributed by atoms with Gasteiger partial charge in [-0.15, -0.1) is 0 Å². The highest BCUT2D eigenvalue weighted by Crippen LogP contribution is 2.14. The Morgan fingerprint density at radius 3 is 2.50 bits per heavy atom. The number of phenolic OH excluding ortho intramolecular Hbond substituents is 1. The van der Waals surface area contributed by atoms with Gasteiger partial charge in [-0.25, -0.2) is 0 Å². The van der Waals surface area contributed by atoms with Crippen LogP contribution in [-0.2, 0) is 4.79 Å². The van der Waals surface area contributed by atoms with Crippen LogP contribution in [0.5, 0.6) is 5.75 Å². The van der Waals surface area contributed by atoms with Crippen molar-refractivity contribution < 1.29 is 14.7 Å². The van der Waals surface area contributed by atoms with Crippen LogP contribution in [0.1, 0.15) is 15.9 Å². The number of aromatic hydroxyl groups is 1. The van der Waals surface area contributed by atoms with Gasteiger partial charge in [-0.2, -0.15) is 0 Å². The number of imide groups is 1. The third kappa shape index (κ3) is 3.52. The molecule has 1 aromatic carbocycles. The van der Waals surface area contributed by atoms with Gasteiger partial charge in [-0.05, 0) is 35.9 Å². The topological polar surface area (TPSA) is 79.3 Å². The van der Waals surface area contributed by atoms with Crippen LogP contribution >= 0.6 is 0 Å². The van der Waals surface area contributed by atoms with Crippen molar-refractivity contribution in [1.29, 1.82) is 0 Å². The van der Waals surface area contributed by atoms with E-state index in [1.165, 1.54) is 18.2 Å². The molecule has 0 bridgehead atoms. The third-order valence-electron chi connectivity index (χ3n) is 2.52. The largest absolute Gasteiger partial charge is 0.507 e. The molecule has 0 unspecified atom stereocenters. The van der Waals surface area contributed by atoms with E-state index in [2.05, 4.69) is 10.3 Å². The highest BCUT2D eigenvalue weighted by molar-refractivity contribution is 6.10. The van der Waals surface area contributed by atoms with Crippen molar-refractivity contribution in [3.8, 4) is 5.75 Å². The summed E-state index contributed by atoms with van der Waals surface area (Å²) in [4.78, 5) is 27.2. The van der Waals surface area contributed by atoms with Crippen molar-refractivity contribution in [2.45, 2.75) is 0 Å². The van der Waals surface area contributed by atoms with Crippen LogP contribution in [0, 0.1) is 0 Å². The van der Waals surface area contributed by atoms with Gasteiger partial charge in [0.25, 0.3) is 11.8 Å². The molecule has 2 N–H and O–H groups in total. The normalized spacial score (nSPS) is 10.4. The predicted molar refractivity (Wildman–Crippen MR) is 73.9 cm³/mol. The number of rotatable bonds is 3. The van der Waals surface area contributed by atoms with Gasteiger partial charge in [-0.1, -0.05) is 12.1 Å². The molecule has 5 heteroatoms. The minimum Gasteiger partial charge on any atom is -0.507 e. The van der Waals surface area contributed by atoms with Crippen molar-refractivity contribution in [3.05, 3.63) is 66.0 Å². The molecule has 0 aliphatic rings. The lowest BCUT2D eigenvalue weighted by Gasteiger charge is -2.03. The van der Waals surface area contributed by atoms with Crippen LogP contribution < -0.4 is 5.32 Å². The number of phenols is 1. The molecule has 0 aliphatic heterocycles. The summed E-state index contributed by atoms with van der Waals surface area (Å²) in [6.45, 7) is 0. The van der Waals surface area contributed by atoms with Crippen LogP contribution in [0.15, 0.2) is 54.9 Å². The molecule has 2 aromatic rings. The second-order valence-electron chi connectivity index (χ2n) is 3.95. The van der Waals surface area contributed by atoms with Crippen LogP contribution in [0.4, 0.5) is 0 Å². The molecule has 1 aromatic heterocycles. The summed E-state index contributed by atoms with van der Waals surface area (Å²) in [5.41, 5.74) is 0.850. The first-order chi connectivity index (χ1) is 9.66. The Kier molecular flexibility index (Phi) is 4.24. The number of hydrogen-bond donors (Lipinski definition) is 2. The maximum absolute atomic E-state index is 11.8. The number of aromatic nitrogens is 1. The van der Waals surface area contributed by atoms with Gasteiger partial charge in [0.1, 0.15) is 5.75 Å². The molecule has 0 saturated carbocycles. The van der Waals surface area contributed by atoms with E-state index >= 15 is 0 Å². The Morgan fingerprint density at radius 2 is 1.80 bits per heavy atom. The molecule has 1 heterocycles. The number of nitrogens with zero attached hydrogens (tertiary/aromatic N) is 1. The van der Waals surface area contributed by atoms with Crippen LogP contribution in [0.2, 0.25) is 0 Å². The fourth-order valence-corrected chi connectivity index (χ4v) is 1.53. The van der Waals surface area contributed by atoms with E-state index in [0.29, 0.717) is 0 Å². The monoisotopic (exact) mass is 268 g/mol. The summed E-state index contributed by atoms with van der Waals surface area (Å²) in [5.74, 6) is -1.38. The first-order valence-corrected chi connectivity index (χ1v) is 5.88. The molecule has 0 fully saturated rings. The molecule has 2 rings (SSSR count). The Balaban J connectivity index is 2.00. The average molecular weight is 268 g/mol. The fraction of sp³-hybridized carbons (Fsp3) is 0. The molecule has 0 spiro atoms. The lowest BCUT2D eigenvalue weighted by atomic mass is 10.2. The molecular weight excluding hydrogens is 256 g/mol. The van der Waals surface area contributed by atoms with Crippen molar-refractivity contribution in [1.82, 2.24) is 10.3 Å². The zero-order chi connectivity index (χ0) is 14.4. The third-order valence-corrected chi connectivity index (χ3v) is 2.52. The lowest BCUT2D eigenvalue weighted by molar-refractivity contribution is -0.115. The van der Waals surface area contributed by atoms with Crippen molar-refractivity contribution in [2.24, 2.45) is 0 Å². The SMILES string of the molecule is O=C(C=Cc1ccncc1)NC(=O)c1ccccc1O. The number of para-hydroxylation sites is 1. The van der Waals surface area contributed by atoms with E-state index in [9.17, 15) is 14.7 Å². The molecule has 5 nitrogen and oxygen atoms in total. The van der Waals surface area contributed by atoms with Crippen molar-refractivity contribution in [2.75, 3.05) is 0 Å². The Labute approximate surface area is 115 Å². The molecule has 0 aliphatic carbocycles. The number of benzene rings is 1. The first kappa shape index (κ1) is 13.5. The van der Waals surface area contributed by atoms with E-state index in [1.807, 2.05) is 0 Å². The quantitative estimate of drug-likeness (QED) is 0.831. The lowest BCUT2D eigenvalue weighted by Crippen LogP contribution is -2.28. The predicted octanol–water partition coefficient (Wildman–Crippen LogP) is 1.76. The zero-order valence-corrected chi connectivity index (χ0v) is 10.5. The number of carbonyl (C=O) groups excluding carboxylic acids is 2. The highest BCUT2D eigenvalue weighted by atomic mass is 16.3. The minimum atomic E-state index is -0.646. The average Bonchev–Trinajstić information content (AvgIpc) is 2.46. The molecule has 0 radical (unpaired) electrons. The van der Waals surface area contributed by atoms with Crippen LogP contribution in [0.25, 0.3) is 6.08 Å². The molecule has 100 valence electrons. The van der Waals surface area contributed by atoms with Crippen LogP contribution in [-0.4, -0.2) is 21.9 Å². The maximum Gasteiger partial charge on any atom is 0.261 e. The number of carbonyl (C=O) groups is 2. The number of amides is 2. The Hall–Kier alpha value is -2.95. The number of nitrogens with one attached hydrogen (secondary N) is 1. The highest BCUT2D eigenvalue weighted by Gasteiger charge is 2.11. The van der Waals surface area contributed by atoms with Crippen molar-refractivity contribution in [3.63, 3.8) is 0 Å². The number of hydrogen-bond acceptors (Lipinski definition) is 4. The summed E-state index contributed by atoms with van der Waals surface area (Å²) in [5, 5.41) is 11.7. The van der Waals surface area contributed by atoms with Gasteiger partial charge >= 0.3 is 0 Å². The smallest absolute Gasteiger partial charge is 0.261 e. The standard InChI is InChI=1S/C15H12N2O3/c18-13-4-2-1-3-12(13)15(20)17-14(19)6-5-11-7-9-16-10-8-11/h1-10,18H,(H,17,19,20). The van der Waals surface area contributed by atoms with Gasteiger partial charge in [0, 0.05) is 18.5 Å². The second kappa shape index (κ2) is 6.29. The van der Waals surface area contributed by atoms with Gasteiger partial charge in [-0.3, -0.25) is 19.9 Å². The first-order valence-electron chi connectivity index (χ1n) is 5.88. The molecule has 0 atom stereocenters. The zero-order valence-electron chi connectivity index (χ0n) is 10.5. The Bertz CT molecular complexity index is 651. The number of pyridine rings is 1. The van der Waals surface area contributed by atoms with E-state index < -0.39 is 11.8 Å². The van der Waals surface area contributed by atoms with Gasteiger partial charge in [0.05, 0.1) is 5.56 Å². The summed E-state index contributed by atoms with van der Waals surface area (Å²) in [6, 6.07) is 9.48. The van der Waals surface area contributed by atoms with Crippen molar-refractivity contribution >= 4 is 17.9 Å². The summed E-state index contributed by atoms with van der Waals surface area (Å²) in [6.07, 6.45) is 6.01. The van der Waals surface area contributed by atoms with E-state index in [4.69, 9.17) is 0 Å². The minimum absolute atomic E-state index is 0.0539. The molecule has 0 saturated heterocycles. The van der Waals surface area contributed by atoms with Crippen LogP contribution in [0.3, 0.4) is 0 Å². The second-order valence-corrected chi connectivity index (χ2v) is 3.95. The molecular formula is C15H12N2O3. The fourth-order valence-electron chi connectivity index (χ4n) is 1.53. The van der Waals surface area contributed by atoms with Gasteiger partial charge < -0.3 is 5.11 Å².